The average Bonchev–Trinajstić information content (AvgIpc) is 3.68. The summed E-state index contributed by atoms with van der Waals surface area (Å²) in [4.78, 5) is 44.6. The van der Waals surface area contributed by atoms with Gasteiger partial charge in [-0.15, -0.1) is 15.3 Å². The molecule has 17 heteroatoms. The van der Waals surface area contributed by atoms with Crippen molar-refractivity contribution in [3.63, 3.8) is 0 Å². The summed E-state index contributed by atoms with van der Waals surface area (Å²) < 4.78 is 25.6. The number of ether oxygens (including phenoxy) is 4. The first-order valence-electron chi connectivity index (χ1n) is 14.6. The van der Waals surface area contributed by atoms with E-state index in [1.165, 1.54) is 17.8 Å². The standard InChI is InChI=1S/C32H25N10O7/c1-32(49-30(45)21-15-9-4-10-16-21)25(48-29(44)20-13-7-3-8-14-20)22(17-46-28(43)19-11-5-2-6-12-19)47-31(32)42-18-35-23-24(42)27(39-41-34)37-36-26(23)38-40-33/h2-16,18,22,25,31,33H,17H2,1H3/q+1/b38-26?,39-27-,40-33?/t22-,25-,31-,32-/m1/s1. The largest absolute Gasteiger partial charge is 0.459 e. The molecule has 4 aromatic rings. The molecule has 49 heavy (non-hydrogen) atoms. The maximum absolute atomic E-state index is 13.7. The van der Waals surface area contributed by atoms with E-state index in [1.807, 2.05) is 0 Å². The lowest BCUT2D eigenvalue weighted by molar-refractivity contribution is -0.110. The number of nitrogens with one attached hydrogen (secondary N) is 1. The molecule has 0 saturated carbocycles. The molecule has 3 heterocycles. The summed E-state index contributed by atoms with van der Waals surface area (Å²) in [6.45, 7) is 1.04. The zero-order valence-electron chi connectivity index (χ0n) is 25.6. The Morgan fingerprint density at radius 2 is 1.47 bits per heavy atom. The van der Waals surface area contributed by atoms with Gasteiger partial charge in [-0.3, -0.25) is 4.57 Å². The number of diazo groups is 1. The molecule has 17 nitrogen and oxygen atoms in total. The van der Waals surface area contributed by atoms with E-state index in [1.54, 1.807) is 91.0 Å². The van der Waals surface area contributed by atoms with Crippen molar-refractivity contribution in [3.05, 3.63) is 130 Å². The first-order chi connectivity index (χ1) is 23.8. The zero-order valence-corrected chi connectivity index (χ0v) is 25.6. The fraction of sp³-hybridized carbons (Fsp3) is 0.188. The number of imidazole rings is 1. The normalized spacial score (nSPS) is 22.6. The number of fused-ring (bicyclic) bond motifs is 1. The molecule has 4 atom stereocenters. The number of nitrogens with zero attached hydrogens (tertiary/aromatic N) is 9. The van der Waals surface area contributed by atoms with Gasteiger partial charge in [0.1, 0.15) is 24.1 Å². The number of benzene rings is 3. The molecule has 0 spiro atoms. The molecule has 1 aromatic heterocycles. The van der Waals surface area contributed by atoms with Crippen LogP contribution in [0.25, 0.3) is 5.08 Å². The fourth-order valence-corrected chi connectivity index (χ4v) is 5.40. The van der Waals surface area contributed by atoms with Crippen LogP contribution in [0.4, 0.5) is 0 Å². The minimum atomic E-state index is -1.87. The highest BCUT2D eigenvalue weighted by atomic mass is 16.7. The Kier molecular flexibility index (Phi) is 9.12. The van der Waals surface area contributed by atoms with Crippen LogP contribution in [0.3, 0.4) is 0 Å². The van der Waals surface area contributed by atoms with Crippen LogP contribution in [0.15, 0.2) is 123 Å². The van der Waals surface area contributed by atoms with Gasteiger partial charge in [-0.05, 0) is 43.3 Å². The first-order valence-corrected chi connectivity index (χ1v) is 14.6. The predicted octanol–water partition coefficient (Wildman–Crippen LogP) is 5.15. The number of amidine groups is 2. The van der Waals surface area contributed by atoms with Crippen LogP contribution in [0, 0.1) is 10.9 Å². The van der Waals surface area contributed by atoms with Crippen molar-refractivity contribution in [1.29, 1.82) is 10.9 Å². The molecule has 6 rings (SSSR count). The van der Waals surface area contributed by atoms with Gasteiger partial charge in [0.25, 0.3) is 11.2 Å². The molecule has 0 unspecified atom stereocenters. The van der Waals surface area contributed by atoms with E-state index in [0.29, 0.717) is 0 Å². The molecule has 0 radical (unpaired) electrons. The highest BCUT2D eigenvalue weighted by Gasteiger charge is 2.61. The van der Waals surface area contributed by atoms with Gasteiger partial charge in [0.15, 0.2) is 23.0 Å². The monoisotopic (exact) mass is 661 g/mol. The van der Waals surface area contributed by atoms with Gasteiger partial charge in [-0.25, -0.2) is 19.4 Å². The summed E-state index contributed by atoms with van der Waals surface area (Å²) in [5.41, 5.74) is 6.00. The Hall–Kier alpha value is -6.80. The smallest absolute Gasteiger partial charge is 0.341 e. The summed E-state index contributed by atoms with van der Waals surface area (Å²) in [6.07, 6.45) is -2.73. The van der Waals surface area contributed by atoms with E-state index >= 15 is 0 Å². The van der Waals surface area contributed by atoms with E-state index in [2.05, 4.69) is 35.7 Å². The molecule has 2 aliphatic heterocycles. The number of carbonyl (C=O) groups is 3. The third kappa shape index (κ3) is 6.43. The molecular formula is C32H25N10O7+. The lowest BCUT2D eigenvalue weighted by atomic mass is 9.94. The Bertz CT molecular complexity index is 2030. The molecule has 3 aromatic carbocycles. The third-order valence-electron chi connectivity index (χ3n) is 7.64. The van der Waals surface area contributed by atoms with Gasteiger partial charge in [0.2, 0.25) is 5.84 Å². The number of aromatic nitrogens is 2. The summed E-state index contributed by atoms with van der Waals surface area (Å²) in [6, 6.07) is 24.5. The Morgan fingerprint density at radius 3 is 2.06 bits per heavy atom. The lowest BCUT2D eigenvalue weighted by Crippen LogP contribution is -2.50. The van der Waals surface area contributed by atoms with Gasteiger partial charge >= 0.3 is 23.0 Å². The molecular weight excluding hydrogens is 636 g/mol. The van der Waals surface area contributed by atoms with Gasteiger partial charge in [-0.2, -0.15) is 5.53 Å². The van der Waals surface area contributed by atoms with Crippen molar-refractivity contribution in [2.75, 3.05) is 6.61 Å². The molecule has 1 N–H and O–H groups in total. The quantitative estimate of drug-likeness (QED) is 0.0822. The number of hydrogen-bond donors (Lipinski definition) is 1. The van der Waals surface area contributed by atoms with Crippen molar-refractivity contribution < 1.29 is 33.3 Å². The number of azo groups is 1. The van der Waals surface area contributed by atoms with Crippen LogP contribution in [0.5, 0.6) is 0 Å². The van der Waals surface area contributed by atoms with Crippen LogP contribution >= 0.6 is 0 Å². The maximum atomic E-state index is 13.7. The topological polar surface area (TPSA) is 220 Å². The van der Waals surface area contributed by atoms with Gasteiger partial charge in [0, 0.05) is 0 Å². The number of hydrogen-bond acceptors (Lipinski definition) is 12. The van der Waals surface area contributed by atoms with Crippen molar-refractivity contribution in [2.24, 2.45) is 25.7 Å². The third-order valence-corrected chi connectivity index (χ3v) is 7.64. The SMILES string of the molecule is C[C@@]1(OC(=O)c2ccccc2)[C@H](OC(=O)c2ccccc2)[C@@H](COC(=O)c2ccccc2)O[C@H]1n1cnc2c1/C(=N/[N+]#N)N=NC2=NN=N. The van der Waals surface area contributed by atoms with Crippen LogP contribution in [-0.2, 0) is 18.9 Å². The van der Waals surface area contributed by atoms with Gasteiger partial charge in [0.05, 0.1) is 23.0 Å². The van der Waals surface area contributed by atoms with E-state index in [9.17, 15) is 19.8 Å². The number of esters is 3. The van der Waals surface area contributed by atoms with Crippen molar-refractivity contribution in [1.82, 2.24) is 9.55 Å². The first kappa shape index (κ1) is 32.2. The Morgan fingerprint density at radius 1 is 0.898 bits per heavy atom. The average molecular weight is 662 g/mol. The Labute approximate surface area is 277 Å². The number of rotatable bonds is 9. The number of carbonyl (C=O) groups excluding carboxylic acids is 3. The minimum Gasteiger partial charge on any atom is -0.459 e. The molecule has 0 aliphatic carbocycles. The van der Waals surface area contributed by atoms with E-state index in [-0.39, 0.29) is 39.7 Å². The van der Waals surface area contributed by atoms with E-state index in [4.69, 9.17) is 24.5 Å². The second kappa shape index (κ2) is 13.9. The molecule has 244 valence electrons. The predicted molar refractivity (Wildman–Crippen MR) is 167 cm³/mol. The van der Waals surface area contributed by atoms with Crippen LogP contribution in [-0.4, -0.2) is 63.5 Å². The van der Waals surface area contributed by atoms with Gasteiger partial charge in [-0.1, -0.05) is 59.8 Å². The van der Waals surface area contributed by atoms with Crippen LogP contribution in [0.2, 0.25) is 0 Å². The van der Waals surface area contributed by atoms with Crippen LogP contribution in [0.1, 0.15) is 55.6 Å². The molecule has 1 saturated heterocycles. The summed E-state index contributed by atoms with van der Waals surface area (Å²) in [5, 5.41) is 30.1. The molecule has 1 fully saturated rings. The lowest BCUT2D eigenvalue weighted by Gasteiger charge is -2.35. The van der Waals surface area contributed by atoms with Crippen molar-refractivity contribution in [3.8, 4) is 0 Å². The van der Waals surface area contributed by atoms with Gasteiger partial charge < -0.3 is 18.9 Å². The fourth-order valence-electron chi connectivity index (χ4n) is 5.40. The Balaban J connectivity index is 1.46. The molecule has 0 bridgehead atoms. The second-order valence-corrected chi connectivity index (χ2v) is 10.7. The summed E-state index contributed by atoms with van der Waals surface area (Å²) in [7, 11) is 0. The second-order valence-electron chi connectivity index (χ2n) is 10.7. The maximum Gasteiger partial charge on any atom is 0.341 e. The molecule has 2 aliphatic rings. The van der Waals surface area contributed by atoms with Crippen LogP contribution < -0.4 is 0 Å². The minimum absolute atomic E-state index is 0.0190. The summed E-state index contributed by atoms with van der Waals surface area (Å²) in [5.74, 6) is -2.67. The van der Waals surface area contributed by atoms with E-state index in [0.717, 1.165) is 0 Å². The highest BCUT2D eigenvalue weighted by Crippen LogP contribution is 2.45. The zero-order chi connectivity index (χ0) is 34.4. The van der Waals surface area contributed by atoms with E-state index < -0.39 is 48.6 Å². The highest BCUT2D eigenvalue weighted by molar-refractivity contribution is 6.13. The summed E-state index contributed by atoms with van der Waals surface area (Å²) >= 11 is 0. The van der Waals surface area contributed by atoms with Crippen molar-refractivity contribution >= 4 is 29.6 Å². The van der Waals surface area contributed by atoms with Crippen molar-refractivity contribution in [2.45, 2.75) is 31.0 Å². The molecule has 0 amide bonds.